The highest BCUT2D eigenvalue weighted by Crippen LogP contribution is 2.47. The molecule has 3 aliphatic rings. The first-order valence-electron chi connectivity index (χ1n) is 12.4. The maximum Gasteiger partial charge on any atom is 0.258 e. The van der Waals surface area contributed by atoms with E-state index in [-0.39, 0.29) is 5.41 Å². The van der Waals surface area contributed by atoms with Crippen LogP contribution in [-0.2, 0) is 10.2 Å². The smallest absolute Gasteiger partial charge is 0.258 e. The first kappa shape index (κ1) is 21.6. The number of carbonyl (C=O) groups is 1. The third kappa shape index (κ3) is 4.72. The Labute approximate surface area is 190 Å². The van der Waals surface area contributed by atoms with Crippen LogP contribution in [0, 0.1) is 11.8 Å². The van der Waals surface area contributed by atoms with Crippen LogP contribution in [0.4, 0.5) is 0 Å². The van der Waals surface area contributed by atoms with Gasteiger partial charge in [-0.3, -0.25) is 9.78 Å². The van der Waals surface area contributed by atoms with E-state index < -0.39 is 0 Å². The minimum absolute atomic E-state index is 0.0702. The molecule has 1 amide bonds. The number of carbonyl (C=O) groups excluding carboxylic acids is 1. The second-order valence-electron chi connectivity index (χ2n) is 10.0. The summed E-state index contributed by atoms with van der Waals surface area (Å²) in [5.41, 5.74) is 0.834. The van der Waals surface area contributed by atoms with E-state index in [1.165, 1.54) is 12.8 Å². The van der Waals surface area contributed by atoms with Crippen LogP contribution in [0.15, 0.2) is 29.0 Å². The number of nitrogens with zero attached hydrogens (tertiary/aromatic N) is 5. The van der Waals surface area contributed by atoms with E-state index in [0.717, 1.165) is 82.1 Å². The highest BCUT2D eigenvalue weighted by Gasteiger charge is 2.45. The van der Waals surface area contributed by atoms with Crippen molar-refractivity contribution in [3.63, 3.8) is 0 Å². The minimum atomic E-state index is -0.0702. The standard InChI is InChI=1S/C25H35N5O2/c1-2-29-13-7-19(8-14-29)17-22(31)30-15-9-25(10-16-30,18-20-3-4-20)24-27-23(32-28-24)21-5-11-26-12-6-21/h5-6,11-12,19-20H,2-4,7-10,13-18H2,1H3. The van der Waals surface area contributed by atoms with Crippen molar-refractivity contribution in [2.45, 2.75) is 63.7 Å². The van der Waals surface area contributed by atoms with E-state index in [4.69, 9.17) is 9.51 Å². The van der Waals surface area contributed by atoms with Crippen LogP contribution in [0.3, 0.4) is 0 Å². The van der Waals surface area contributed by atoms with Crippen LogP contribution in [0.5, 0.6) is 0 Å². The van der Waals surface area contributed by atoms with Gasteiger partial charge in [0.15, 0.2) is 5.82 Å². The number of hydrogen-bond acceptors (Lipinski definition) is 6. The summed E-state index contributed by atoms with van der Waals surface area (Å²) < 4.78 is 5.65. The van der Waals surface area contributed by atoms with Crippen molar-refractivity contribution in [3.8, 4) is 11.5 Å². The number of pyridine rings is 1. The van der Waals surface area contributed by atoms with Gasteiger partial charge in [0.2, 0.25) is 5.91 Å². The van der Waals surface area contributed by atoms with Crippen LogP contribution < -0.4 is 0 Å². The number of aromatic nitrogens is 3. The molecular weight excluding hydrogens is 402 g/mol. The molecule has 4 heterocycles. The van der Waals surface area contributed by atoms with E-state index in [1.807, 2.05) is 12.1 Å². The lowest BCUT2D eigenvalue weighted by Crippen LogP contribution is -2.46. The SMILES string of the molecule is CCN1CCC(CC(=O)N2CCC(CC3CC3)(c3noc(-c4ccncc4)n3)CC2)CC1. The highest BCUT2D eigenvalue weighted by molar-refractivity contribution is 5.76. The minimum Gasteiger partial charge on any atom is -0.343 e. The van der Waals surface area contributed by atoms with Gasteiger partial charge in [0, 0.05) is 42.9 Å². The van der Waals surface area contributed by atoms with Gasteiger partial charge in [0.05, 0.1) is 0 Å². The van der Waals surface area contributed by atoms with Crippen molar-refractivity contribution in [2.75, 3.05) is 32.7 Å². The molecule has 1 saturated carbocycles. The molecule has 7 nitrogen and oxygen atoms in total. The highest BCUT2D eigenvalue weighted by atomic mass is 16.5. The first-order valence-corrected chi connectivity index (χ1v) is 12.4. The van der Waals surface area contributed by atoms with Crippen LogP contribution in [0.1, 0.15) is 64.1 Å². The second-order valence-corrected chi connectivity index (χ2v) is 10.0. The molecule has 2 aliphatic heterocycles. The normalized spacial score (nSPS) is 22.2. The molecule has 32 heavy (non-hydrogen) atoms. The second kappa shape index (κ2) is 9.30. The van der Waals surface area contributed by atoms with Gasteiger partial charge in [0.25, 0.3) is 5.89 Å². The molecule has 0 atom stereocenters. The zero-order valence-corrected chi connectivity index (χ0v) is 19.2. The monoisotopic (exact) mass is 437 g/mol. The average Bonchev–Trinajstić information content (AvgIpc) is 3.50. The lowest BCUT2D eigenvalue weighted by Gasteiger charge is -2.41. The number of hydrogen-bond donors (Lipinski definition) is 0. The lowest BCUT2D eigenvalue weighted by atomic mass is 9.73. The average molecular weight is 438 g/mol. The van der Waals surface area contributed by atoms with Gasteiger partial charge in [0.1, 0.15) is 0 Å². The molecule has 172 valence electrons. The van der Waals surface area contributed by atoms with Gasteiger partial charge in [-0.25, -0.2) is 0 Å². The fourth-order valence-electron chi connectivity index (χ4n) is 5.51. The van der Waals surface area contributed by atoms with Crippen LogP contribution in [0.25, 0.3) is 11.5 Å². The number of piperidine rings is 2. The van der Waals surface area contributed by atoms with Crippen molar-refractivity contribution in [3.05, 3.63) is 30.4 Å². The predicted octanol–water partition coefficient (Wildman–Crippen LogP) is 3.91. The molecular formula is C25H35N5O2. The Bertz CT molecular complexity index is 894. The topological polar surface area (TPSA) is 75.4 Å². The molecule has 2 saturated heterocycles. The Morgan fingerprint density at radius 3 is 2.44 bits per heavy atom. The van der Waals surface area contributed by atoms with E-state index in [2.05, 4.69) is 26.9 Å². The molecule has 1 aliphatic carbocycles. The Kier molecular flexibility index (Phi) is 6.26. The summed E-state index contributed by atoms with van der Waals surface area (Å²) in [5.74, 6) is 3.04. The summed E-state index contributed by atoms with van der Waals surface area (Å²) in [4.78, 5) is 26.5. The first-order chi connectivity index (χ1) is 15.6. The quantitative estimate of drug-likeness (QED) is 0.654. The fraction of sp³-hybridized carbons (Fsp3) is 0.680. The van der Waals surface area contributed by atoms with Crippen LogP contribution in [0.2, 0.25) is 0 Å². The Hall–Kier alpha value is -2.28. The van der Waals surface area contributed by atoms with Crippen molar-refractivity contribution in [1.82, 2.24) is 24.9 Å². The summed E-state index contributed by atoms with van der Waals surface area (Å²) in [6.45, 7) is 7.22. The van der Waals surface area contributed by atoms with E-state index in [1.54, 1.807) is 12.4 Å². The molecule has 2 aromatic rings. The largest absolute Gasteiger partial charge is 0.343 e. The van der Waals surface area contributed by atoms with Crippen molar-refractivity contribution in [1.29, 1.82) is 0 Å². The number of amides is 1. The Morgan fingerprint density at radius 1 is 1.06 bits per heavy atom. The number of likely N-dealkylation sites (tertiary alicyclic amines) is 2. The molecule has 2 aromatic heterocycles. The van der Waals surface area contributed by atoms with Gasteiger partial charge >= 0.3 is 0 Å². The summed E-state index contributed by atoms with van der Waals surface area (Å²) in [5, 5.41) is 4.43. The van der Waals surface area contributed by atoms with Gasteiger partial charge in [-0.15, -0.1) is 0 Å². The van der Waals surface area contributed by atoms with E-state index in [0.29, 0.717) is 24.1 Å². The van der Waals surface area contributed by atoms with Gasteiger partial charge in [-0.05, 0) is 75.7 Å². The van der Waals surface area contributed by atoms with Gasteiger partial charge in [-0.2, -0.15) is 4.98 Å². The summed E-state index contributed by atoms with van der Waals surface area (Å²) in [7, 11) is 0. The Morgan fingerprint density at radius 2 is 1.78 bits per heavy atom. The van der Waals surface area contributed by atoms with Crippen LogP contribution in [-0.4, -0.2) is 63.6 Å². The molecule has 0 radical (unpaired) electrons. The molecule has 0 aromatic carbocycles. The fourth-order valence-corrected chi connectivity index (χ4v) is 5.51. The molecule has 0 spiro atoms. The summed E-state index contributed by atoms with van der Waals surface area (Å²) in [6.07, 6.45) is 12.1. The summed E-state index contributed by atoms with van der Waals surface area (Å²) >= 11 is 0. The molecule has 7 heteroatoms. The predicted molar refractivity (Wildman–Crippen MR) is 122 cm³/mol. The molecule has 3 fully saturated rings. The third-order valence-electron chi connectivity index (χ3n) is 7.89. The van der Waals surface area contributed by atoms with Gasteiger partial charge in [-0.1, -0.05) is 24.9 Å². The zero-order chi connectivity index (χ0) is 22.0. The molecule has 0 N–H and O–H groups in total. The van der Waals surface area contributed by atoms with Gasteiger partial charge < -0.3 is 14.3 Å². The molecule has 0 unspecified atom stereocenters. The van der Waals surface area contributed by atoms with E-state index >= 15 is 0 Å². The van der Waals surface area contributed by atoms with E-state index in [9.17, 15) is 4.79 Å². The zero-order valence-electron chi connectivity index (χ0n) is 19.2. The van der Waals surface area contributed by atoms with Crippen molar-refractivity contribution >= 4 is 5.91 Å². The number of rotatable bonds is 7. The Balaban J connectivity index is 1.23. The third-order valence-corrected chi connectivity index (χ3v) is 7.89. The maximum atomic E-state index is 13.0. The van der Waals surface area contributed by atoms with Crippen LogP contribution >= 0.6 is 0 Å². The van der Waals surface area contributed by atoms with Crippen molar-refractivity contribution < 1.29 is 9.32 Å². The lowest BCUT2D eigenvalue weighted by molar-refractivity contribution is -0.134. The molecule has 5 rings (SSSR count). The summed E-state index contributed by atoms with van der Waals surface area (Å²) in [6, 6.07) is 3.80. The maximum absolute atomic E-state index is 13.0. The van der Waals surface area contributed by atoms with Crippen molar-refractivity contribution in [2.24, 2.45) is 11.8 Å². The molecule has 0 bridgehead atoms.